The Labute approximate surface area is 217 Å². The number of nitrogens with zero attached hydrogens (tertiary/aromatic N) is 4. The molecular formula is C28H42N4O3Si. The standard InChI is InChI=1S/C28H42N4O3Si/c1-22(2)32(26(33)35-27(3,4)5)20-19-23(30-31-29)21-34-36(28(6,7)8,24-15-11-9-12-16-24)25-17-13-10-14-18-25/h9-18,22-23H,19-21H2,1-8H3/t23-/m1/s1. The SMILES string of the molecule is CC(C)N(CC[C@H](CO[Si](c1ccccc1)(c1ccccc1)C(C)(C)C)N=[N+]=[N-])C(=O)OC(C)(C)C. The molecule has 2 aromatic rings. The highest BCUT2D eigenvalue weighted by Crippen LogP contribution is 2.37. The monoisotopic (exact) mass is 510 g/mol. The number of ether oxygens (including phenoxy) is 1. The summed E-state index contributed by atoms with van der Waals surface area (Å²) in [6.45, 7) is 16.8. The highest BCUT2D eigenvalue weighted by atomic mass is 28.4. The highest BCUT2D eigenvalue weighted by molar-refractivity contribution is 6.99. The number of benzene rings is 2. The van der Waals surface area contributed by atoms with Gasteiger partial charge in [-0.3, -0.25) is 0 Å². The van der Waals surface area contributed by atoms with E-state index in [-0.39, 0.29) is 23.8 Å². The van der Waals surface area contributed by atoms with Crippen molar-refractivity contribution in [3.05, 3.63) is 71.1 Å². The van der Waals surface area contributed by atoms with Gasteiger partial charge in [0.1, 0.15) is 5.60 Å². The molecule has 0 aliphatic heterocycles. The van der Waals surface area contributed by atoms with Gasteiger partial charge in [-0.25, -0.2) is 4.79 Å². The van der Waals surface area contributed by atoms with E-state index < -0.39 is 20.0 Å². The molecule has 0 aromatic heterocycles. The van der Waals surface area contributed by atoms with Crippen LogP contribution in [0.4, 0.5) is 4.79 Å². The molecule has 0 bridgehead atoms. The van der Waals surface area contributed by atoms with Gasteiger partial charge < -0.3 is 14.1 Å². The summed E-state index contributed by atoms with van der Waals surface area (Å²) in [4.78, 5) is 17.5. The second-order valence-corrected chi connectivity index (χ2v) is 15.7. The molecule has 1 atom stereocenters. The van der Waals surface area contributed by atoms with E-state index >= 15 is 0 Å². The first-order valence-electron chi connectivity index (χ1n) is 12.6. The van der Waals surface area contributed by atoms with Crippen LogP contribution in [-0.2, 0) is 9.16 Å². The number of azide groups is 1. The van der Waals surface area contributed by atoms with Crippen molar-refractivity contribution in [2.45, 2.75) is 84.5 Å². The first kappa shape index (κ1) is 29.4. The largest absolute Gasteiger partial charge is 0.444 e. The van der Waals surface area contributed by atoms with Crippen molar-refractivity contribution in [3.8, 4) is 0 Å². The number of carbonyl (C=O) groups excluding carboxylic acids is 1. The Hall–Kier alpha value is -2.80. The zero-order valence-electron chi connectivity index (χ0n) is 23.1. The number of amides is 1. The van der Waals surface area contributed by atoms with E-state index in [0.29, 0.717) is 13.0 Å². The molecule has 0 aliphatic carbocycles. The minimum Gasteiger partial charge on any atom is -0.444 e. The summed E-state index contributed by atoms with van der Waals surface area (Å²) in [5.74, 6) is 0. The normalized spacial score (nSPS) is 13.1. The molecule has 1 amide bonds. The third-order valence-electron chi connectivity index (χ3n) is 6.08. The zero-order chi connectivity index (χ0) is 27.0. The first-order chi connectivity index (χ1) is 16.8. The number of hydrogen-bond donors (Lipinski definition) is 0. The topological polar surface area (TPSA) is 87.5 Å². The van der Waals surface area contributed by atoms with E-state index in [4.69, 9.17) is 9.16 Å². The van der Waals surface area contributed by atoms with Crippen molar-refractivity contribution >= 4 is 24.8 Å². The summed E-state index contributed by atoms with van der Waals surface area (Å²) in [6.07, 6.45) is 0.102. The number of carbonyl (C=O) groups is 1. The Morgan fingerprint density at radius 3 is 1.86 bits per heavy atom. The summed E-state index contributed by atoms with van der Waals surface area (Å²) in [6, 6.07) is 20.3. The molecule has 0 radical (unpaired) electrons. The molecule has 196 valence electrons. The van der Waals surface area contributed by atoms with Crippen LogP contribution in [0.1, 0.15) is 61.8 Å². The van der Waals surface area contributed by atoms with Gasteiger partial charge >= 0.3 is 6.09 Å². The number of rotatable bonds is 10. The minimum atomic E-state index is -2.76. The van der Waals surface area contributed by atoms with Gasteiger partial charge in [0.15, 0.2) is 0 Å². The van der Waals surface area contributed by atoms with Crippen LogP contribution in [0.5, 0.6) is 0 Å². The fraction of sp³-hybridized carbons (Fsp3) is 0.536. The molecule has 0 saturated carbocycles. The molecule has 2 aromatic carbocycles. The van der Waals surface area contributed by atoms with Gasteiger partial charge in [0.05, 0.1) is 6.04 Å². The summed E-state index contributed by atoms with van der Waals surface area (Å²) >= 11 is 0. The lowest BCUT2D eigenvalue weighted by molar-refractivity contribution is 0.0182. The lowest BCUT2D eigenvalue weighted by Crippen LogP contribution is -2.67. The van der Waals surface area contributed by atoms with E-state index in [1.165, 1.54) is 10.4 Å². The zero-order valence-corrected chi connectivity index (χ0v) is 24.1. The molecule has 2 rings (SSSR count). The van der Waals surface area contributed by atoms with E-state index in [9.17, 15) is 10.3 Å². The molecule has 0 fully saturated rings. The molecule has 7 nitrogen and oxygen atoms in total. The van der Waals surface area contributed by atoms with E-state index in [0.717, 1.165) is 0 Å². The van der Waals surface area contributed by atoms with Gasteiger partial charge in [0.2, 0.25) is 0 Å². The van der Waals surface area contributed by atoms with Crippen molar-refractivity contribution in [3.63, 3.8) is 0 Å². The van der Waals surface area contributed by atoms with Crippen LogP contribution in [0.3, 0.4) is 0 Å². The minimum absolute atomic E-state index is 0.0517. The lowest BCUT2D eigenvalue weighted by Gasteiger charge is -2.43. The second kappa shape index (κ2) is 12.4. The van der Waals surface area contributed by atoms with Crippen molar-refractivity contribution in [1.29, 1.82) is 0 Å². The van der Waals surface area contributed by atoms with Crippen LogP contribution in [0, 0.1) is 0 Å². The van der Waals surface area contributed by atoms with Gasteiger partial charge in [-0.1, -0.05) is 86.5 Å². The van der Waals surface area contributed by atoms with E-state index in [2.05, 4.69) is 55.1 Å². The van der Waals surface area contributed by atoms with Gasteiger partial charge in [0.25, 0.3) is 8.32 Å². The number of hydrogen-bond acceptors (Lipinski definition) is 4. The highest BCUT2D eigenvalue weighted by Gasteiger charge is 2.50. The molecule has 36 heavy (non-hydrogen) atoms. The Bertz CT molecular complexity index is 971. The molecule has 8 heteroatoms. The molecule has 0 saturated heterocycles. The van der Waals surface area contributed by atoms with E-state index in [1.807, 2.05) is 71.0 Å². The van der Waals surface area contributed by atoms with Crippen LogP contribution >= 0.6 is 0 Å². The maximum absolute atomic E-state index is 12.8. The van der Waals surface area contributed by atoms with Crippen LogP contribution in [0.2, 0.25) is 5.04 Å². The maximum atomic E-state index is 12.8. The van der Waals surface area contributed by atoms with Gasteiger partial charge in [0, 0.05) is 24.1 Å². The Morgan fingerprint density at radius 2 is 1.47 bits per heavy atom. The van der Waals surface area contributed by atoms with Gasteiger partial charge in [-0.15, -0.1) is 0 Å². The van der Waals surface area contributed by atoms with Crippen molar-refractivity contribution < 1.29 is 14.0 Å². The second-order valence-electron chi connectivity index (χ2n) is 11.4. The average molecular weight is 511 g/mol. The van der Waals surface area contributed by atoms with Crippen LogP contribution in [0.15, 0.2) is 65.8 Å². The lowest BCUT2D eigenvalue weighted by atomic mass is 10.2. The molecule has 0 unspecified atom stereocenters. The predicted octanol–water partition coefficient (Wildman–Crippen LogP) is 6.28. The van der Waals surface area contributed by atoms with Crippen LogP contribution < -0.4 is 10.4 Å². The third kappa shape index (κ3) is 7.60. The molecule has 0 heterocycles. The van der Waals surface area contributed by atoms with Gasteiger partial charge in [-0.2, -0.15) is 0 Å². The van der Waals surface area contributed by atoms with Crippen molar-refractivity contribution in [2.24, 2.45) is 5.11 Å². The Morgan fingerprint density at radius 1 is 0.972 bits per heavy atom. The molecule has 0 aliphatic rings. The summed E-state index contributed by atoms with van der Waals surface area (Å²) in [5, 5.41) is 6.21. The Kier molecular flexibility index (Phi) is 10.2. The molecule has 0 spiro atoms. The van der Waals surface area contributed by atoms with E-state index in [1.54, 1.807) is 4.90 Å². The summed E-state index contributed by atoms with van der Waals surface area (Å²) < 4.78 is 12.5. The summed E-state index contributed by atoms with van der Waals surface area (Å²) in [5.41, 5.74) is 8.72. The predicted molar refractivity (Wildman–Crippen MR) is 149 cm³/mol. The molecule has 0 N–H and O–H groups in total. The average Bonchev–Trinajstić information content (AvgIpc) is 2.78. The van der Waals surface area contributed by atoms with Crippen LogP contribution in [-0.4, -0.2) is 50.1 Å². The summed E-state index contributed by atoms with van der Waals surface area (Å²) in [7, 11) is -2.76. The van der Waals surface area contributed by atoms with Gasteiger partial charge in [-0.05, 0) is 62.0 Å². The fourth-order valence-corrected chi connectivity index (χ4v) is 9.00. The Balaban J connectivity index is 2.35. The van der Waals surface area contributed by atoms with Crippen molar-refractivity contribution in [2.75, 3.05) is 13.2 Å². The smallest absolute Gasteiger partial charge is 0.410 e. The fourth-order valence-electron chi connectivity index (χ4n) is 4.40. The molecular weight excluding hydrogens is 468 g/mol. The quantitative estimate of drug-likeness (QED) is 0.163. The third-order valence-corrected chi connectivity index (χ3v) is 11.1. The van der Waals surface area contributed by atoms with Crippen molar-refractivity contribution in [1.82, 2.24) is 4.90 Å². The van der Waals surface area contributed by atoms with Crippen LogP contribution in [0.25, 0.3) is 10.4 Å². The first-order valence-corrected chi connectivity index (χ1v) is 14.5. The maximum Gasteiger partial charge on any atom is 0.410 e.